The van der Waals surface area contributed by atoms with Crippen LogP contribution in [0.3, 0.4) is 0 Å². The zero-order chi connectivity index (χ0) is 9.47. The second-order valence-electron chi connectivity index (χ2n) is 3.44. The Labute approximate surface area is 75.1 Å². The molecule has 1 aromatic rings. The fourth-order valence-electron chi connectivity index (χ4n) is 1.33. The molecule has 70 valence electrons. The number of hydrogen-bond donors (Lipinski definition) is 1. The number of aromatic nitrogens is 4. The lowest BCUT2D eigenvalue weighted by atomic mass is 10.0. The molecule has 1 aliphatic rings. The first-order chi connectivity index (χ1) is 6.19. The molecule has 2 N–H and O–H groups in total. The maximum atomic E-state index is 11.8. The summed E-state index contributed by atoms with van der Waals surface area (Å²) in [5.74, 6) is 0.283. The number of nitrogens with zero attached hydrogens (tertiary/aromatic N) is 4. The number of aryl methyl sites for hydroxylation is 1. The molecule has 6 nitrogen and oxygen atoms in total. The number of hydrogen-bond acceptors (Lipinski definition) is 5. The summed E-state index contributed by atoms with van der Waals surface area (Å²) in [7, 11) is 1.65. The molecule has 1 aliphatic carbocycles. The van der Waals surface area contributed by atoms with Crippen molar-refractivity contribution in [3.8, 4) is 0 Å². The number of tetrazole rings is 1. The van der Waals surface area contributed by atoms with Crippen LogP contribution in [0.25, 0.3) is 0 Å². The summed E-state index contributed by atoms with van der Waals surface area (Å²) in [6.07, 6.45) is 1.71. The molecule has 1 aromatic heterocycles. The minimum absolute atomic E-state index is 0.0255. The van der Waals surface area contributed by atoms with Crippen molar-refractivity contribution in [3.63, 3.8) is 0 Å². The van der Waals surface area contributed by atoms with Crippen LogP contribution in [0.1, 0.15) is 23.5 Å². The highest BCUT2D eigenvalue weighted by Crippen LogP contribution is 2.46. The molecule has 1 saturated carbocycles. The van der Waals surface area contributed by atoms with Crippen LogP contribution in [0.2, 0.25) is 0 Å². The van der Waals surface area contributed by atoms with Crippen LogP contribution < -0.4 is 5.73 Å². The van der Waals surface area contributed by atoms with E-state index in [0.29, 0.717) is 12.4 Å². The molecule has 6 heteroatoms. The van der Waals surface area contributed by atoms with Crippen LogP contribution in [-0.2, 0) is 7.05 Å². The Bertz CT molecular complexity index is 340. The van der Waals surface area contributed by atoms with E-state index in [-0.39, 0.29) is 11.2 Å². The van der Waals surface area contributed by atoms with Gasteiger partial charge in [-0.3, -0.25) is 4.79 Å². The third-order valence-electron chi connectivity index (χ3n) is 2.55. The molecule has 0 aromatic carbocycles. The van der Waals surface area contributed by atoms with Gasteiger partial charge in [0.2, 0.25) is 11.6 Å². The molecule has 0 amide bonds. The fourth-order valence-corrected chi connectivity index (χ4v) is 1.33. The molecule has 0 aliphatic heterocycles. The van der Waals surface area contributed by atoms with E-state index in [4.69, 9.17) is 5.73 Å². The van der Waals surface area contributed by atoms with Crippen molar-refractivity contribution >= 4 is 5.78 Å². The standard InChI is InChI=1S/C7H11N5O/c1-12-6(9-10-11-12)5(13)7(4-8)2-3-7/h2-4,8H2,1H3. The van der Waals surface area contributed by atoms with Crippen molar-refractivity contribution in [1.29, 1.82) is 0 Å². The van der Waals surface area contributed by atoms with Gasteiger partial charge in [-0.25, -0.2) is 4.68 Å². The second-order valence-corrected chi connectivity index (χ2v) is 3.44. The molecule has 0 saturated heterocycles. The van der Waals surface area contributed by atoms with Crippen molar-refractivity contribution in [2.24, 2.45) is 18.2 Å². The summed E-state index contributed by atoms with van der Waals surface area (Å²) in [5, 5.41) is 10.7. The van der Waals surface area contributed by atoms with Crippen LogP contribution in [-0.4, -0.2) is 32.5 Å². The predicted octanol–water partition coefficient (Wildman–Crippen LogP) is -0.868. The molecule has 13 heavy (non-hydrogen) atoms. The Kier molecular flexibility index (Phi) is 1.66. The number of Topliss-reactive ketones (excluding diaryl/α,β-unsaturated/α-hetero) is 1. The highest BCUT2D eigenvalue weighted by Gasteiger charge is 2.50. The molecule has 0 bridgehead atoms. The van der Waals surface area contributed by atoms with Gasteiger partial charge in [0.25, 0.3) is 0 Å². The highest BCUT2D eigenvalue weighted by atomic mass is 16.1. The molecular weight excluding hydrogens is 170 g/mol. The zero-order valence-electron chi connectivity index (χ0n) is 7.40. The van der Waals surface area contributed by atoms with E-state index in [1.165, 1.54) is 4.68 Å². The van der Waals surface area contributed by atoms with Gasteiger partial charge in [-0.05, 0) is 23.3 Å². The number of carbonyl (C=O) groups excluding carboxylic acids is 1. The van der Waals surface area contributed by atoms with Gasteiger partial charge in [-0.15, -0.1) is 5.10 Å². The van der Waals surface area contributed by atoms with E-state index in [2.05, 4.69) is 15.5 Å². The maximum Gasteiger partial charge on any atom is 0.218 e. The van der Waals surface area contributed by atoms with E-state index in [1.807, 2.05) is 0 Å². The Hall–Kier alpha value is -1.30. The van der Waals surface area contributed by atoms with Crippen molar-refractivity contribution in [2.45, 2.75) is 12.8 Å². The lowest BCUT2D eigenvalue weighted by Gasteiger charge is -2.07. The van der Waals surface area contributed by atoms with Gasteiger partial charge >= 0.3 is 0 Å². The fraction of sp³-hybridized carbons (Fsp3) is 0.714. The van der Waals surface area contributed by atoms with Crippen LogP contribution in [0.5, 0.6) is 0 Å². The first-order valence-corrected chi connectivity index (χ1v) is 4.17. The highest BCUT2D eigenvalue weighted by molar-refractivity contribution is 5.99. The smallest absolute Gasteiger partial charge is 0.218 e. The Morgan fingerprint density at radius 2 is 2.38 bits per heavy atom. The SMILES string of the molecule is Cn1nnnc1C(=O)C1(CN)CC1. The number of carbonyl (C=O) groups is 1. The predicted molar refractivity (Wildman–Crippen MR) is 43.8 cm³/mol. The molecular formula is C7H11N5O. The third kappa shape index (κ3) is 1.14. The van der Waals surface area contributed by atoms with Gasteiger partial charge in [0.1, 0.15) is 0 Å². The summed E-state index contributed by atoms with van der Waals surface area (Å²) in [6.45, 7) is 0.388. The van der Waals surface area contributed by atoms with Crippen LogP contribution in [0.15, 0.2) is 0 Å². The summed E-state index contributed by atoms with van der Waals surface area (Å²) >= 11 is 0. The Balaban J connectivity index is 2.28. The first-order valence-electron chi connectivity index (χ1n) is 4.17. The lowest BCUT2D eigenvalue weighted by molar-refractivity contribution is 0.0890. The molecule has 2 rings (SSSR count). The van der Waals surface area contributed by atoms with Gasteiger partial charge in [0, 0.05) is 19.0 Å². The summed E-state index contributed by atoms with van der Waals surface area (Å²) in [5.41, 5.74) is 5.17. The summed E-state index contributed by atoms with van der Waals surface area (Å²) in [6, 6.07) is 0. The average molecular weight is 181 g/mol. The van der Waals surface area contributed by atoms with Gasteiger partial charge in [0.15, 0.2) is 0 Å². The van der Waals surface area contributed by atoms with Gasteiger partial charge in [0.05, 0.1) is 0 Å². The number of nitrogens with two attached hydrogens (primary N) is 1. The zero-order valence-corrected chi connectivity index (χ0v) is 7.40. The van der Waals surface area contributed by atoms with Crippen molar-refractivity contribution in [3.05, 3.63) is 5.82 Å². The van der Waals surface area contributed by atoms with E-state index >= 15 is 0 Å². The van der Waals surface area contributed by atoms with Crippen LogP contribution >= 0.6 is 0 Å². The van der Waals surface area contributed by atoms with Crippen molar-refractivity contribution in [1.82, 2.24) is 20.2 Å². The minimum atomic E-state index is -0.359. The number of rotatable bonds is 3. The average Bonchev–Trinajstić information content (AvgIpc) is 2.83. The summed E-state index contributed by atoms with van der Waals surface area (Å²) < 4.78 is 1.39. The first kappa shape index (κ1) is 8.31. The largest absolute Gasteiger partial charge is 0.329 e. The van der Waals surface area contributed by atoms with Crippen LogP contribution in [0.4, 0.5) is 0 Å². The van der Waals surface area contributed by atoms with E-state index in [1.54, 1.807) is 7.05 Å². The molecule has 1 fully saturated rings. The van der Waals surface area contributed by atoms with Crippen molar-refractivity contribution < 1.29 is 4.79 Å². The topological polar surface area (TPSA) is 86.7 Å². The quantitative estimate of drug-likeness (QED) is 0.612. The van der Waals surface area contributed by atoms with Crippen LogP contribution in [0, 0.1) is 5.41 Å². The molecule has 0 atom stereocenters. The Morgan fingerprint density at radius 3 is 2.77 bits per heavy atom. The van der Waals surface area contributed by atoms with Gasteiger partial charge < -0.3 is 5.73 Å². The second kappa shape index (κ2) is 2.59. The molecule has 0 unspecified atom stereocenters. The minimum Gasteiger partial charge on any atom is -0.329 e. The van der Waals surface area contributed by atoms with Gasteiger partial charge in [-0.2, -0.15) is 0 Å². The number of ketones is 1. The van der Waals surface area contributed by atoms with E-state index in [0.717, 1.165) is 12.8 Å². The summed E-state index contributed by atoms with van der Waals surface area (Å²) in [4.78, 5) is 11.8. The van der Waals surface area contributed by atoms with Gasteiger partial charge in [-0.1, -0.05) is 0 Å². The Morgan fingerprint density at radius 1 is 1.69 bits per heavy atom. The van der Waals surface area contributed by atoms with E-state index in [9.17, 15) is 4.79 Å². The molecule has 1 heterocycles. The van der Waals surface area contributed by atoms with Crippen molar-refractivity contribution in [2.75, 3.05) is 6.54 Å². The monoisotopic (exact) mass is 181 g/mol. The molecule has 0 spiro atoms. The molecule has 0 radical (unpaired) electrons. The normalized spacial score (nSPS) is 18.6. The lowest BCUT2D eigenvalue weighted by Crippen LogP contribution is -2.27. The van der Waals surface area contributed by atoms with E-state index < -0.39 is 0 Å². The third-order valence-corrected chi connectivity index (χ3v) is 2.55. The maximum absolute atomic E-state index is 11.8.